The number of nitrogens with one attached hydrogen (secondary N) is 1. The fourth-order valence-electron chi connectivity index (χ4n) is 2.91. The molecule has 2 N–H and O–H groups in total. The van der Waals surface area contributed by atoms with Crippen molar-refractivity contribution in [3.63, 3.8) is 0 Å². The topological polar surface area (TPSA) is 70.4 Å². The van der Waals surface area contributed by atoms with Crippen molar-refractivity contribution >= 4 is 6.03 Å². The molecule has 1 aliphatic rings. The molecule has 134 valence electrons. The van der Waals surface area contributed by atoms with Gasteiger partial charge >= 0.3 is 6.03 Å². The molecule has 2 heterocycles. The lowest BCUT2D eigenvalue weighted by Crippen LogP contribution is -2.60. The molecule has 1 saturated heterocycles. The molecule has 1 atom stereocenters. The largest absolute Gasteiger partial charge is 0.390 e. The molecule has 7 heteroatoms. The zero-order valence-electron chi connectivity index (χ0n) is 14.6. The molecule has 0 saturated carbocycles. The lowest BCUT2D eigenvalue weighted by atomic mass is 9.85. The highest BCUT2D eigenvalue weighted by Gasteiger charge is 2.40. The van der Waals surface area contributed by atoms with Crippen molar-refractivity contribution in [3.8, 4) is 0 Å². The molecule has 1 unspecified atom stereocenters. The van der Waals surface area contributed by atoms with Crippen LogP contribution in [0, 0.1) is 11.7 Å². The Labute approximate surface area is 146 Å². The van der Waals surface area contributed by atoms with E-state index in [2.05, 4.69) is 10.4 Å². The Morgan fingerprint density at radius 2 is 1.96 bits per heavy atom. The van der Waals surface area contributed by atoms with Crippen LogP contribution < -0.4 is 5.32 Å². The minimum Gasteiger partial charge on any atom is -0.390 e. The number of rotatable bonds is 4. The van der Waals surface area contributed by atoms with Gasteiger partial charge in [-0.15, -0.1) is 0 Å². The Morgan fingerprint density at radius 1 is 1.32 bits per heavy atom. The molecule has 0 bridgehead atoms. The van der Waals surface area contributed by atoms with Crippen molar-refractivity contribution in [1.82, 2.24) is 20.0 Å². The quantitative estimate of drug-likeness (QED) is 0.890. The molecule has 0 radical (unpaired) electrons. The van der Waals surface area contributed by atoms with Gasteiger partial charge in [-0.3, -0.25) is 4.68 Å². The first-order valence-electron chi connectivity index (χ1n) is 8.26. The minimum atomic E-state index is -0.795. The predicted molar refractivity (Wildman–Crippen MR) is 91.3 cm³/mol. The van der Waals surface area contributed by atoms with Gasteiger partial charge in [0.1, 0.15) is 5.82 Å². The molecule has 6 nitrogen and oxygen atoms in total. The molecule has 1 aromatic carbocycles. The van der Waals surface area contributed by atoms with Crippen LogP contribution in [0.2, 0.25) is 0 Å². The van der Waals surface area contributed by atoms with E-state index in [-0.39, 0.29) is 17.8 Å². The van der Waals surface area contributed by atoms with Crippen molar-refractivity contribution in [2.45, 2.75) is 25.5 Å². The van der Waals surface area contributed by atoms with Gasteiger partial charge in [-0.2, -0.15) is 5.10 Å². The van der Waals surface area contributed by atoms with E-state index in [1.165, 1.54) is 12.1 Å². The van der Waals surface area contributed by atoms with Crippen LogP contribution in [0.15, 0.2) is 36.7 Å². The molecule has 1 aromatic heterocycles. The maximum absolute atomic E-state index is 13.2. The lowest BCUT2D eigenvalue weighted by molar-refractivity contribution is -0.0459. The van der Waals surface area contributed by atoms with Gasteiger partial charge in [-0.25, -0.2) is 9.18 Å². The highest BCUT2D eigenvalue weighted by atomic mass is 19.1. The average molecular weight is 346 g/mol. The average Bonchev–Trinajstić information content (AvgIpc) is 2.89. The monoisotopic (exact) mass is 346 g/mol. The number of carbonyl (C=O) groups is 1. The van der Waals surface area contributed by atoms with E-state index in [0.717, 1.165) is 11.1 Å². The number of benzene rings is 1. The van der Waals surface area contributed by atoms with Gasteiger partial charge in [-0.1, -0.05) is 12.1 Å². The summed E-state index contributed by atoms with van der Waals surface area (Å²) in [6, 6.07) is 5.44. The number of aliphatic hydroxyl groups is 1. The summed E-state index contributed by atoms with van der Waals surface area (Å²) in [6.07, 6.45) is 3.51. The van der Waals surface area contributed by atoms with Gasteiger partial charge in [0, 0.05) is 37.8 Å². The number of aromatic nitrogens is 2. The first kappa shape index (κ1) is 17.4. The van der Waals surface area contributed by atoms with Gasteiger partial charge < -0.3 is 15.3 Å². The molecular formula is C18H23FN4O2. The summed E-state index contributed by atoms with van der Waals surface area (Å²) in [5.74, 6) is -0.253. The summed E-state index contributed by atoms with van der Waals surface area (Å²) >= 11 is 0. The number of aryl methyl sites for hydroxylation is 1. The summed E-state index contributed by atoms with van der Waals surface area (Å²) in [6.45, 7) is 4.53. The van der Waals surface area contributed by atoms with E-state index in [4.69, 9.17) is 0 Å². The summed E-state index contributed by atoms with van der Waals surface area (Å²) < 4.78 is 14.9. The smallest absolute Gasteiger partial charge is 0.318 e. The van der Waals surface area contributed by atoms with Crippen LogP contribution in [-0.4, -0.2) is 44.5 Å². The van der Waals surface area contributed by atoms with Crippen LogP contribution in [0.3, 0.4) is 0 Å². The molecule has 2 amide bonds. The Balaban J connectivity index is 1.75. The number of urea groups is 1. The van der Waals surface area contributed by atoms with Crippen molar-refractivity contribution in [2.24, 2.45) is 13.0 Å². The van der Waals surface area contributed by atoms with Crippen molar-refractivity contribution < 1.29 is 14.3 Å². The van der Waals surface area contributed by atoms with Crippen molar-refractivity contribution in [2.75, 3.05) is 13.1 Å². The number of hydrogen-bond acceptors (Lipinski definition) is 3. The Kier molecular flexibility index (Phi) is 4.51. The summed E-state index contributed by atoms with van der Waals surface area (Å²) in [5.41, 5.74) is 0.806. The zero-order valence-corrected chi connectivity index (χ0v) is 14.6. The van der Waals surface area contributed by atoms with Crippen LogP contribution in [0.4, 0.5) is 9.18 Å². The molecule has 2 aromatic rings. The highest BCUT2D eigenvalue weighted by molar-refractivity contribution is 5.76. The van der Waals surface area contributed by atoms with Crippen LogP contribution in [0.1, 0.15) is 31.0 Å². The zero-order chi connectivity index (χ0) is 18.2. The van der Waals surface area contributed by atoms with E-state index in [1.54, 1.807) is 48.8 Å². The van der Waals surface area contributed by atoms with Gasteiger partial charge in [0.05, 0.1) is 17.8 Å². The second-order valence-corrected chi connectivity index (χ2v) is 7.14. The van der Waals surface area contributed by atoms with E-state index in [1.807, 2.05) is 6.20 Å². The summed E-state index contributed by atoms with van der Waals surface area (Å²) in [5, 5.41) is 17.1. The molecule has 1 aliphatic heterocycles. The van der Waals surface area contributed by atoms with E-state index < -0.39 is 11.6 Å². The third-order valence-corrected chi connectivity index (χ3v) is 4.70. The van der Waals surface area contributed by atoms with Gasteiger partial charge in [0.25, 0.3) is 0 Å². The first-order chi connectivity index (χ1) is 11.7. The standard InChI is InChI=1S/C18H23FN4O2/c1-18(2,25)14-10-23(11-14)17(24)21-16(13-8-20-22(3)9-13)12-4-6-15(19)7-5-12/h4-9,14,16,25H,10-11H2,1-3H3,(H,21,24). The normalized spacial score (nSPS) is 16.4. The Morgan fingerprint density at radius 3 is 2.48 bits per heavy atom. The van der Waals surface area contributed by atoms with Gasteiger partial charge in [-0.05, 0) is 31.5 Å². The Hall–Kier alpha value is -2.41. The maximum atomic E-state index is 13.2. The molecule has 0 spiro atoms. The predicted octanol–water partition coefficient (Wildman–Crippen LogP) is 2.06. The number of halogens is 1. The molecular weight excluding hydrogens is 323 g/mol. The van der Waals surface area contributed by atoms with Gasteiger partial charge in [0.15, 0.2) is 0 Å². The third-order valence-electron chi connectivity index (χ3n) is 4.70. The molecule has 3 rings (SSSR count). The maximum Gasteiger partial charge on any atom is 0.318 e. The second kappa shape index (κ2) is 6.48. The molecule has 25 heavy (non-hydrogen) atoms. The number of nitrogens with zero attached hydrogens (tertiary/aromatic N) is 3. The molecule has 1 fully saturated rings. The Bertz CT molecular complexity index is 745. The number of likely N-dealkylation sites (tertiary alicyclic amines) is 1. The second-order valence-electron chi connectivity index (χ2n) is 7.14. The SMILES string of the molecule is Cn1cc(C(NC(=O)N2CC(C(C)(C)O)C2)c2ccc(F)cc2)cn1. The van der Waals surface area contributed by atoms with E-state index in [0.29, 0.717) is 13.1 Å². The highest BCUT2D eigenvalue weighted by Crippen LogP contribution is 2.28. The fraction of sp³-hybridized carbons (Fsp3) is 0.444. The van der Waals surface area contributed by atoms with E-state index in [9.17, 15) is 14.3 Å². The van der Waals surface area contributed by atoms with Crippen molar-refractivity contribution in [1.29, 1.82) is 0 Å². The number of amides is 2. The summed E-state index contributed by atoms with van der Waals surface area (Å²) in [7, 11) is 1.80. The van der Waals surface area contributed by atoms with Gasteiger partial charge in [0.2, 0.25) is 0 Å². The first-order valence-corrected chi connectivity index (χ1v) is 8.26. The van der Waals surface area contributed by atoms with Crippen LogP contribution in [0.5, 0.6) is 0 Å². The van der Waals surface area contributed by atoms with Crippen LogP contribution in [0.25, 0.3) is 0 Å². The number of hydrogen-bond donors (Lipinski definition) is 2. The van der Waals surface area contributed by atoms with Crippen molar-refractivity contribution in [3.05, 3.63) is 53.6 Å². The third kappa shape index (κ3) is 3.82. The number of carbonyl (C=O) groups excluding carboxylic acids is 1. The minimum absolute atomic E-state index is 0.0703. The van der Waals surface area contributed by atoms with Crippen LogP contribution >= 0.6 is 0 Å². The van der Waals surface area contributed by atoms with Crippen LogP contribution in [-0.2, 0) is 7.05 Å². The summed E-state index contributed by atoms with van der Waals surface area (Å²) in [4.78, 5) is 14.2. The van der Waals surface area contributed by atoms with E-state index >= 15 is 0 Å². The molecule has 0 aliphatic carbocycles. The lowest BCUT2D eigenvalue weighted by Gasteiger charge is -2.45. The fourth-order valence-corrected chi connectivity index (χ4v) is 2.91.